The summed E-state index contributed by atoms with van der Waals surface area (Å²) >= 11 is 0. The number of carbonyl (C=O) groups is 1. The number of hydrogen-bond acceptors (Lipinski definition) is 3. The van der Waals surface area contributed by atoms with Crippen LogP contribution in [0, 0.1) is 18.8 Å². The van der Waals surface area contributed by atoms with Crippen LogP contribution < -0.4 is 10.6 Å². The molecule has 1 aliphatic heterocycles. The van der Waals surface area contributed by atoms with Gasteiger partial charge in [0.1, 0.15) is 0 Å². The fraction of sp³-hybridized carbons (Fsp3) is 0.650. The molecule has 4 heteroatoms. The van der Waals surface area contributed by atoms with E-state index in [9.17, 15) is 4.79 Å². The average molecular weight is 332 g/mol. The number of benzene rings is 1. The number of nitrogens with zero attached hydrogens (tertiary/aromatic N) is 1. The van der Waals surface area contributed by atoms with E-state index < -0.39 is 0 Å². The van der Waals surface area contributed by atoms with Crippen molar-refractivity contribution < 1.29 is 4.79 Å². The summed E-state index contributed by atoms with van der Waals surface area (Å²) in [6.07, 6.45) is 1.83. The van der Waals surface area contributed by atoms with Crippen LogP contribution >= 0.6 is 0 Å². The van der Waals surface area contributed by atoms with E-state index in [1.165, 1.54) is 12.0 Å². The van der Waals surface area contributed by atoms with Gasteiger partial charge in [-0.15, -0.1) is 0 Å². The van der Waals surface area contributed by atoms with Gasteiger partial charge < -0.3 is 15.5 Å². The third-order valence-electron chi connectivity index (χ3n) is 4.70. The summed E-state index contributed by atoms with van der Waals surface area (Å²) < 4.78 is 0. The van der Waals surface area contributed by atoms with Gasteiger partial charge in [-0.3, -0.25) is 4.79 Å². The van der Waals surface area contributed by atoms with Crippen LogP contribution in [0.1, 0.15) is 39.2 Å². The SMILES string of the molecule is Cc1ccccc1NCCC(=O)N[C@H](C)CN1C[C@H](C)C[C@@H](C)C1. The maximum absolute atomic E-state index is 12.1. The average Bonchev–Trinajstić information content (AvgIpc) is 2.47. The summed E-state index contributed by atoms with van der Waals surface area (Å²) in [6, 6.07) is 8.36. The van der Waals surface area contributed by atoms with Gasteiger partial charge in [0.15, 0.2) is 0 Å². The Morgan fingerprint density at radius 3 is 2.58 bits per heavy atom. The number of aryl methyl sites for hydroxylation is 1. The van der Waals surface area contributed by atoms with E-state index in [2.05, 4.69) is 55.4 Å². The third kappa shape index (κ3) is 6.16. The molecule has 1 saturated heterocycles. The number of piperidine rings is 1. The molecule has 134 valence electrons. The molecule has 0 saturated carbocycles. The highest BCUT2D eigenvalue weighted by atomic mass is 16.1. The predicted molar refractivity (Wildman–Crippen MR) is 101 cm³/mol. The Kier molecular flexibility index (Phi) is 7.10. The van der Waals surface area contributed by atoms with Crippen molar-refractivity contribution in [1.29, 1.82) is 0 Å². The van der Waals surface area contributed by atoms with Crippen molar-refractivity contribution in [2.24, 2.45) is 11.8 Å². The Morgan fingerprint density at radius 2 is 1.92 bits per heavy atom. The Labute approximate surface area is 147 Å². The molecule has 1 fully saturated rings. The quantitative estimate of drug-likeness (QED) is 0.806. The predicted octanol–water partition coefficient (Wildman–Crippen LogP) is 3.28. The first-order valence-electron chi connectivity index (χ1n) is 9.25. The second-order valence-corrected chi connectivity index (χ2v) is 7.62. The largest absolute Gasteiger partial charge is 0.384 e. The van der Waals surface area contributed by atoms with Crippen LogP contribution in [0.25, 0.3) is 0 Å². The summed E-state index contributed by atoms with van der Waals surface area (Å²) in [6.45, 7) is 12.7. The lowest BCUT2D eigenvalue weighted by molar-refractivity contribution is -0.121. The maximum atomic E-state index is 12.1. The summed E-state index contributed by atoms with van der Waals surface area (Å²) in [5.74, 6) is 1.65. The van der Waals surface area contributed by atoms with Gasteiger partial charge in [-0.05, 0) is 43.7 Å². The molecule has 3 atom stereocenters. The van der Waals surface area contributed by atoms with Crippen LogP contribution in [-0.4, -0.2) is 43.0 Å². The molecule has 0 aromatic heterocycles. The fourth-order valence-electron chi connectivity index (χ4n) is 3.80. The number of para-hydroxylation sites is 1. The normalized spacial score (nSPS) is 22.8. The van der Waals surface area contributed by atoms with Crippen LogP contribution in [0.2, 0.25) is 0 Å². The van der Waals surface area contributed by atoms with Crippen LogP contribution in [0.3, 0.4) is 0 Å². The molecular weight excluding hydrogens is 298 g/mol. The molecule has 0 aliphatic carbocycles. The number of hydrogen-bond donors (Lipinski definition) is 2. The molecule has 2 N–H and O–H groups in total. The smallest absolute Gasteiger partial charge is 0.222 e. The van der Waals surface area contributed by atoms with Crippen LogP contribution in [0.4, 0.5) is 5.69 Å². The monoisotopic (exact) mass is 331 g/mol. The zero-order valence-corrected chi connectivity index (χ0v) is 15.6. The van der Waals surface area contributed by atoms with Crippen molar-refractivity contribution in [1.82, 2.24) is 10.2 Å². The molecule has 1 aromatic rings. The van der Waals surface area contributed by atoms with Crippen molar-refractivity contribution in [3.63, 3.8) is 0 Å². The minimum Gasteiger partial charge on any atom is -0.384 e. The molecule has 0 radical (unpaired) electrons. The molecule has 0 spiro atoms. The lowest BCUT2D eigenvalue weighted by atomic mass is 9.92. The standard InChI is InChI=1S/C20H33N3O/c1-15-11-16(2)13-23(12-15)14-18(4)22-20(24)9-10-21-19-8-6-5-7-17(19)3/h5-8,15-16,18,21H,9-14H2,1-4H3,(H,22,24)/t15-,16-,18-/m1/s1. The lowest BCUT2D eigenvalue weighted by Gasteiger charge is -2.36. The van der Waals surface area contributed by atoms with Crippen LogP contribution in [0.15, 0.2) is 24.3 Å². The van der Waals surface area contributed by atoms with Gasteiger partial charge >= 0.3 is 0 Å². The molecule has 1 amide bonds. The molecule has 1 heterocycles. The Bertz CT molecular complexity index is 521. The molecule has 4 nitrogen and oxygen atoms in total. The van der Waals surface area contributed by atoms with Crippen molar-refractivity contribution in [2.45, 2.75) is 46.6 Å². The first kappa shape index (κ1) is 18.8. The third-order valence-corrected chi connectivity index (χ3v) is 4.70. The van der Waals surface area contributed by atoms with Crippen molar-refractivity contribution in [3.8, 4) is 0 Å². The minimum atomic E-state index is 0.127. The topological polar surface area (TPSA) is 44.4 Å². The second kappa shape index (κ2) is 9.07. The van der Waals surface area contributed by atoms with E-state index >= 15 is 0 Å². The first-order chi connectivity index (χ1) is 11.4. The summed E-state index contributed by atoms with van der Waals surface area (Å²) in [5, 5.41) is 6.48. The van der Waals surface area contributed by atoms with Crippen LogP contribution in [-0.2, 0) is 4.79 Å². The molecule has 1 aromatic carbocycles. The Morgan fingerprint density at radius 1 is 1.25 bits per heavy atom. The van der Waals surface area contributed by atoms with Gasteiger partial charge in [-0.2, -0.15) is 0 Å². The van der Waals surface area contributed by atoms with E-state index in [-0.39, 0.29) is 11.9 Å². The molecule has 0 bridgehead atoms. The Balaban J connectivity index is 1.67. The molecule has 0 unspecified atom stereocenters. The fourth-order valence-corrected chi connectivity index (χ4v) is 3.80. The van der Waals surface area contributed by atoms with Crippen molar-refractivity contribution in [3.05, 3.63) is 29.8 Å². The van der Waals surface area contributed by atoms with Crippen molar-refractivity contribution in [2.75, 3.05) is 31.5 Å². The summed E-state index contributed by atoms with van der Waals surface area (Å²) in [5.41, 5.74) is 2.31. The number of rotatable bonds is 7. The Hall–Kier alpha value is -1.55. The molecule has 2 rings (SSSR count). The van der Waals surface area contributed by atoms with Gasteiger partial charge in [0.05, 0.1) is 0 Å². The lowest BCUT2D eigenvalue weighted by Crippen LogP contribution is -2.47. The summed E-state index contributed by atoms with van der Waals surface area (Å²) in [7, 11) is 0. The highest BCUT2D eigenvalue weighted by Gasteiger charge is 2.23. The summed E-state index contributed by atoms with van der Waals surface area (Å²) in [4.78, 5) is 14.6. The zero-order valence-electron chi connectivity index (χ0n) is 15.6. The van der Waals surface area contributed by atoms with Gasteiger partial charge in [-0.1, -0.05) is 32.0 Å². The molecular formula is C20H33N3O. The van der Waals surface area contributed by atoms with E-state index in [1.807, 2.05) is 12.1 Å². The molecule has 24 heavy (non-hydrogen) atoms. The highest BCUT2D eigenvalue weighted by molar-refractivity contribution is 5.76. The maximum Gasteiger partial charge on any atom is 0.222 e. The number of anilines is 1. The zero-order chi connectivity index (χ0) is 17.5. The number of nitrogens with one attached hydrogen (secondary N) is 2. The van der Waals surface area contributed by atoms with E-state index in [0.717, 1.165) is 37.2 Å². The van der Waals surface area contributed by atoms with E-state index in [1.54, 1.807) is 0 Å². The van der Waals surface area contributed by atoms with Gasteiger partial charge in [0, 0.05) is 44.3 Å². The van der Waals surface area contributed by atoms with E-state index in [0.29, 0.717) is 13.0 Å². The van der Waals surface area contributed by atoms with Gasteiger partial charge in [0.2, 0.25) is 5.91 Å². The van der Waals surface area contributed by atoms with Crippen molar-refractivity contribution >= 4 is 11.6 Å². The number of carbonyl (C=O) groups excluding carboxylic acids is 1. The van der Waals surface area contributed by atoms with E-state index in [4.69, 9.17) is 0 Å². The minimum absolute atomic E-state index is 0.127. The van der Waals surface area contributed by atoms with Gasteiger partial charge in [0.25, 0.3) is 0 Å². The highest BCUT2D eigenvalue weighted by Crippen LogP contribution is 2.20. The number of likely N-dealkylation sites (tertiary alicyclic amines) is 1. The first-order valence-corrected chi connectivity index (χ1v) is 9.25. The second-order valence-electron chi connectivity index (χ2n) is 7.62. The molecule has 1 aliphatic rings. The number of amides is 1. The van der Waals surface area contributed by atoms with Crippen LogP contribution in [0.5, 0.6) is 0 Å². The van der Waals surface area contributed by atoms with Gasteiger partial charge in [-0.25, -0.2) is 0 Å².